The highest BCUT2D eigenvalue weighted by Crippen LogP contribution is 2.38. The Morgan fingerprint density at radius 2 is 2.00 bits per heavy atom. The maximum atomic E-state index is 11.4. The van der Waals surface area contributed by atoms with Crippen LogP contribution in [-0.2, 0) is 11.2 Å². The molecule has 0 atom stereocenters. The molecule has 3 rings (SSSR count). The molecule has 0 fully saturated rings. The van der Waals surface area contributed by atoms with Gasteiger partial charge in [0.1, 0.15) is 5.75 Å². The van der Waals surface area contributed by atoms with E-state index in [2.05, 4.69) is 11.1 Å². The summed E-state index contributed by atoms with van der Waals surface area (Å²) in [4.78, 5) is 14.8. The number of hydrogen-bond acceptors (Lipinski definition) is 2. The number of ether oxygens (including phenoxy) is 1. The van der Waals surface area contributed by atoms with Gasteiger partial charge in [-0.2, -0.15) is 0 Å². The van der Waals surface area contributed by atoms with Crippen LogP contribution in [0.5, 0.6) is 5.75 Å². The number of carboxylic acid groups (broad SMARTS) is 1. The number of nitrogens with one attached hydrogen (secondary N) is 1. The van der Waals surface area contributed by atoms with E-state index in [0.717, 1.165) is 38.9 Å². The third-order valence-corrected chi connectivity index (χ3v) is 4.34. The Kier molecular flexibility index (Phi) is 4.24. The summed E-state index contributed by atoms with van der Waals surface area (Å²) in [7, 11) is 1.58. The van der Waals surface area contributed by atoms with E-state index in [-0.39, 0.29) is 6.42 Å². The van der Waals surface area contributed by atoms with Gasteiger partial charge >= 0.3 is 5.97 Å². The first-order chi connectivity index (χ1) is 11.4. The summed E-state index contributed by atoms with van der Waals surface area (Å²) in [6.07, 6.45) is -0.0745. The molecule has 0 amide bonds. The fraction of sp³-hybridized carbons (Fsp3) is 0.211. The van der Waals surface area contributed by atoms with Gasteiger partial charge in [0.2, 0.25) is 0 Å². The predicted octanol–water partition coefficient (Wildman–Crippen LogP) is 4.74. The maximum Gasteiger partial charge on any atom is 0.307 e. The van der Waals surface area contributed by atoms with Crippen LogP contribution in [0.3, 0.4) is 0 Å². The summed E-state index contributed by atoms with van der Waals surface area (Å²) in [5.41, 5.74) is 5.32. The molecule has 0 aliphatic carbocycles. The standard InChI is InChI=1S/C19H18ClNO3/c1-10-6-11(2)18-14(9-17(22)23)19(21-15(18)7-10)13-8-12(20)4-5-16(13)24-3/h4-8,21H,9H2,1-3H3,(H,22,23). The molecule has 1 aromatic heterocycles. The molecule has 0 bridgehead atoms. The number of hydrogen-bond donors (Lipinski definition) is 2. The topological polar surface area (TPSA) is 62.3 Å². The summed E-state index contributed by atoms with van der Waals surface area (Å²) >= 11 is 6.15. The minimum Gasteiger partial charge on any atom is -0.496 e. The smallest absolute Gasteiger partial charge is 0.307 e. The largest absolute Gasteiger partial charge is 0.496 e. The van der Waals surface area contributed by atoms with E-state index in [1.54, 1.807) is 25.3 Å². The SMILES string of the molecule is COc1ccc(Cl)cc1-c1[nH]c2cc(C)cc(C)c2c1CC(=O)O. The van der Waals surface area contributed by atoms with E-state index < -0.39 is 5.97 Å². The average molecular weight is 344 g/mol. The zero-order chi connectivity index (χ0) is 17.4. The zero-order valence-electron chi connectivity index (χ0n) is 13.7. The fourth-order valence-electron chi connectivity index (χ4n) is 3.24. The Bertz CT molecular complexity index is 943. The van der Waals surface area contributed by atoms with E-state index >= 15 is 0 Å². The number of halogens is 1. The lowest BCUT2D eigenvalue weighted by atomic mass is 9.98. The molecule has 0 saturated carbocycles. The molecule has 0 radical (unpaired) electrons. The molecule has 124 valence electrons. The zero-order valence-corrected chi connectivity index (χ0v) is 14.5. The Hall–Kier alpha value is -2.46. The number of carbonyl (C=O) groups is 1. The third-order valence-electron chi connectivity index (χ3n) is 4.10. The first kappa shape index (κ1) is 16.4. The van der Waals surface area contributed by atoms with Gasteiger partial charge in [0.05, 0.1) is 19.2 Å². The number of aromatic nitrogens is 1. The van der Waals surface area contributed by atoms with Crippen molar-refractivity contribution in [3.63, 3.8) is 0 Å². The molecule has 2 aromatic carbocycles. The van der Waals surface area contributed by atoms with Crippen molar-refractivity contribution in [3.05, 3.63) is 52.0 Å². The summed E-state index contributed by atoms with van der Waals surface area (Å²) < 4.78 is 5.44. The van der Waals surface area contributed by atoms with Crippen LogP contribution in [0.4, 0.5) is 0 Å². The summed E-state index contributed by atoms with van der Waals surface area (Å²) in [5, 5.41) is 10.9. The second-order valence-electron chi connectivity index (χ2n) is 5.90. The molecular formula is C19H18ClNO3. The van der Waals surface area contributed by atoms with Crippen LogP contribution in [0.2, 0.25) is 5.02 Å². The fourth-order valence-corrected chi connectivity index (χ4v) is 3.41. The molecule has 4 nitrogen and oxygen atoms in total. The number of carboxylic acids is 1. The molecule has 0 aliphatic heterocycles. The molecule has 24 heavy (non-hydrogen) atoms. The summed E-state index contributed by atoms with van der Waals surface area (Å²) in [6, 6.07) is 9.40. The van der Waals surface area contributed by atoms with Gasteiger partial charge in [-0.05, 0) is 54.8 Å². The lowest BCUT2D eigenvalue weighted by Gasteiger charge is -2.10. The summed E-state index contributed by atoms with van der Waals surface area (Å²) in [6.45, 7) is 4.01. The number of methoxy groups -OCH3 is 1. The minimum atomic E-state index is -0.877. The first-order valence-electron chi connectivity index (χ1n) is 7.58. The highest BCUT2D eigenvalue weighted by atomic mass is 35.5. The van der Waals surface area contributed by atoms with Crippen molar-refractivity contribution in [3.8, 4) is 17.0 Å². The van der Waals surface area contributed by atoms with Crippen molar-refractivity contribution < 1.29 is 14.6 Å². The number of aromatic amines is 1. The van der Waals surface area contributed by atoms with E-state index in [9.17, 15) is 9.90 Å². The van der Waals surface area contributed by atoms with Crippen LogP contribution in [0.25, 0.3) is 22.2 Å². The molecule has 1 heterocycles. The van der Waals surface area contributed by atoms with Gasteiger partial charge < -0.3 is 14.8 Å². The van der Waals surface area contributed by atoms with Crippen LogP contribution in [0.15, 0.2) is 30.3 Å². The van der Waals surface area contributed by atoms with Crippen LogP contribution < -0.4 is 4.74 Å². The molecule has 3 aromatic rings. The monoisotopic (exact) mass is 343 g/mol. The number of H-pyrrole nitrogens is 1. The Labute approximate surface area is 145 Å². The molecule has 5 heteroatoms. The normalized spacial score (nSPS) is 11.0. The highest BCUT2D eigenvalue weighted by molar-refractivity contribution is 6.31. The predicted molar refractivity (Wildman–Crippen MR) is 96.1 cm³/mol. The average Bonchev–Trinajstić information content (AvgIpc) is 2.84. The number of fused-ring (bicyclic) bond motifs is 1. The van der Waals surface area contributed by atoms with Crippen molar-refractivity contribution in [1.82, 2.24) is 4.98 Å². The highest BCUT2D eigenvalue weighted by Gasteiger charge is 2.20. The van der Waals surface area contributed by atoms with Crippen LogP contribution in [-0.4, -0.2) is 23.2 Å². The minimum absolute atomic E-state index is 0.0745. The Morgan fingerprint density at radius 3 is 2.67 bits per heavy atom. The molecule has 0 aliphatic rings. The van der Waals surface area contributed by atoms with Crippen LogP contribution in [0, 0.1) is 13.8 Å². The van der Waals surface area contributed by atoms with Gasteiger partial charge in [-0.1, -0.05) is 17.7 Å². The van der Waals surface area contributed by atoms with Gasteiger partial charge in [-0.15, -0.1) is 0 Å². The molecule has 0 spiro atoms. The lowest BCUT2D eigenvalue weighted by Crippen LogP contribution is -2.02. The quantitative estimate of drug-likeness (QED) is 0.719. The third kappa shape index (κ3) is 2.85. The summed E-state index contributed by atoms with van der Waals surface area (Å²) in [5.74, 6) is -0.231. The molecular weight excluding hydrogens is 326 g/mol. The van der Waals surface area contributed by atoms with Crippen molar-refractivity contribution in [2.75, 3.05) is 7.11 Å². The van der Waals surface area contributed by atoms with Crippen molar-refractivity contribution in [1.29, 1.82) is 0 Å². The Morgan fingerprint density at radius 1 is 1.25 bits per heavy atom. The number of aryl methyl sites for hydroxylation is 2. The van der Waals surface area contributed by atoms with E-state index in [1.807, 2.05) is 19.9 Å². The van der Waals surface area contributed by atoms with Crippen molar-refractivity contribution in [2.45, 2.75) is 20.3 Å². The van der Waals surface area contributed by atoms with Gasteiger partial charge in [-0.25, -0.2) is 0 Å². The van der Waals surface area contributed by atoms with Crippen LogP contribution >= 0.6 is 11.6 Å². The maximum absolute atomic E-state index is 11.4. The van der Waals surface area contributed by atoms with E-state index in [1.165, 1.54) is 0 Å². The second-order valence-corrected chi connectivity index (χ2v) is 6.33. The molecule has 0 unspecified atom stereocenters. The molecule has 0 saturated heterocycles. The van der Waals surface area contributed by atoms with Gasteiger partial charge in [0, 0.05) is 21.5 Å². The molecule has 2 N–H and O–H groups in total. The van der Waals surface area contributed by atoms with Gasteiger partial charge in [0.25, 0.3) is 0 Å². The van der Waals surface area contributed by atoms with Gasteiger partial charge in [0.15, 0.2) is 0 Å². The van der Waals surface area contributed by atoms with E-state index in [4.69, 9.17) is 16.3 Å². The second kappa shape index (κ2) is 6.21. The van der Waals surface area contributed by atoms with Crippen molar-refractivity contribution >= 4 is 28.5 Å². The number of benzene rings is 2. The first-order valence-corrected chi connectivity index (χ1v) is 7.96. The number of aliphatic carboxylic acids is 1. The Balaban J connectivity index is 2.37. The van der Waals surface area contributed by atoms with Crippen LogP contribution in [0.1, 0.15) is 16.7 Å². The van der Waals surface area contributed by atoms with E-state index in [0.29, 0.717) is 10.8 Å². The van der Waals surface area contributed by atoms with Crippen molar-refractivity contribution in [2.24, 2.45) is 0 Å². The van der Waals surface area contributed by atoms with Gasteiger partial charge in [-0.3, -0.25) is 4.79 Å². The lowest BCUT2D eigenvalue weighted by molar-refractivity contribution is -0.136. The number of rotatable bonds is 4.